The zero-order valence-electron chi connectivity index (χ0n) is 22.7. The van der Waals surface area contributed by atoms with Crippen LogP contribution in [0.1, 0.15) is 44.3 Å². The highest BCUT2D eigenvalue weighted by molar-refractivity contribution is 6.35. The number of carbonyl (C=O) groups is 3. The number of amides is 3. The van der Waals surface area contributed by atoms with Gasteiger partial charge in [-0.15, -0.1) is 0 Å². The predicted molar refractivity (Wildman–Crippen MR) is 156 cm³/mol. The zero-order chi connectivity index (χ0) is 28.9. The molecule has 0 aromatic heterocycles. The van der Waals surface area contributed by atoms with E-state index in [1.807, 2.05) is 49.4 Å². The van der Waals surface area contributed by atoms with Gasteiger partial charge in [0.2, 0.25) is 5.91 Å². The second-order valence-corrected chi connectivity index (χ2v) is 9.67. The van der Waals surface area contributed by atoms with Gasteiger partial charge in [-0.2, -0.15) is 5.26 Å². The number of fused-ring (bicyclic) bond motifs is 1. The molecule has 1 aliphatic rings. The Kier molecular flexibility index (Phi) is 7.90. The molecule has 0 bridgehead atoms. The lowest BCUT2D eigenvalue weighted by atomic mass is 9.99. The molecular weight excluding hydrogens is 516 g/mol. The van der Waals surface area contributed by atoms with E-state index in [1.54, 1.807) is 42.5 Å². The third-order valence-corrected chi connectivity index (χ3v) is 6.88. The first-order chi connectivity index (χ1) is 19.9. The maximum absolute atomic E-state index is 13.7. The molecule has 204 valence electrons. The monoisotopic (exact) mass is 544 g/mol. The average Bonchev–Trinajstić information content (AvgIpc) is 3.21. The number of ether oxygens (including phenoxy) is 1. The van der Waals surface area contributed by atoms with E-state index in [0.29, 0.717) is 47.9 Å². The minimum Gasteiger partial charge on any atom is -0.457 e. The van der Waals surface area contributed by atoms with E-state index < -0.39 is 11.8 Å². The molecule has 4 aromatic carbocycles. The number of benzene rings is 4. The van der Waals surface area contributed by atoms with E-state index in [9.17, 15) is 19.6 Å². The molecule has 0 saturated heterocycles. The summed E-state index contributed by atoms with van der Waals surface area (Å²) in [5.74, 6) is -0.136. The summed E-state index contributed by atoms with van der Waals surface area (Å²) in [4.78, 5) is 39.9. The van der Waals surface area contributed by atoms with E-state index in [0.717, 1.165) is 16.7 Å². The van der Waals surface area contributed by atoms with Crippen molar-refractivity contribution in [1.29, 1.82) is 5.26 Å². The van der Waals surface area contributed by atoms with E-state index in [1.165, 1.54) is 11.8 Å². The first kappa shape index (κ1) is 27.3. The topological polar surface area (TPSA) is 112 Å². The van der Waals surface area contributed by atoms with Crippen LogP contribution in [0.2, 0.25) is 0 Å². The fourth-order valence-electron chi connectivity index (χ4n) is 4.87. The molecule has 0 fully saturated rings. The van der Waals surface area contributed by atoms with Gasteiger partial charge in [0.25, 0.3) is 11.8 Å². The molecule has 41 heavy (non-hydrogen) atoms. The Morgan fingerprint density at radius 3 is 2.34 bits per heavy atom. The number of hydrogen-bond acceptors (Lipinski definition) is 6. The number of hydrogen-bond donors (Lipinski definition) is 2. The Morgan fingerprint density at radius 1 is 0.878 bits per heavy atom. The summed E-state index contributed by atoms with van der Waals surface area (Å²) >= 11 is 0. The SMILES string of the molecule is CC(=O)NCCNCc1cc2c(cc1Oc1cccc(C#N)c1)C(=O)N(c1cccc(-c3ccccc3)c1C)C2=O. The van der Waals surface area contributed by atoms with Crippen LogP contribution in [0, 0.1) is 18.3 Å². The van der Waals surface area contributed by atoms with Crippen LogP contribution in [0.15, 0.2) is 84.9 Å². The van der Waals surface area contributed by atoms with Gasteiger partial charge in [-0.1, -0.05) is 48.5 Å². The van der Waals surface area contributed by atoms with Crippen molar-refractivity contribution in [1.82, 2.24) is 10.6 Å². The number of carbonyl (C=O) groups excluding carboxylic acids is 3. The van der Waals surface area contributed by atoms with Crippen molar-refractivity contribution < 1.29 is 19.1 Å². The summed E-state index contributed by atoms with van der Waals surface area (Å²) in [6.07, 6.45) is 0. The number of imide groups is 1. The van der Waals surface area contributed by atoms with Crippen LogP contribution in [0.25, 0.3) is 11.1 Å². The molecule has 8 nitrogen and oxygen atoms in total. The highest BCUT2D eigenvalue weighted by Crippen LogP contribution is 2.38. The summed E-state index contributed by atoms with van der Waals surface area (Å²) in [7, 11) is 0. The third kappa shape index (κ3) is 5.71. The van der Waals surface area contributed by atoms with Crippen LogP contribution in [0.5, 0.6) is 11.5 Å². The summed E-state index contributed by atoms with van der Waals surface area (Å²) in [5, 5.41) is 15.3. The number of rotatable bonds is 9. The fraction of sp³-hybridized carbons (Fsp3) is 0.152. The molecule has 0 saturated carbocycles. The van der Waals surface area contributed by atoms with Gasteiger partial charge in [-0.05, 0) is 60.0 Å². The van der Waals surface area contributed by atoms with Gasteiger partial charge in [0.05, 0.1) is 28.4 Å². The number of anilines is 1. The van der Waals surface area contributed by atoms with Gasteiger partial charge < -0.3 is 15.4 Å². The third-order valence-electron chi connectivity index (χ3n) is 6.88. The maximum Gasteiger partial charge on any atom is 0.266 e. The van der Waals surface area contributed by atoms with E-state index in [2.05, 4.69) is 16.7 Å². The van der Waals surface area contributed by atoms with Crippen LogP contribution >= 0.6 is 0 Å². The first-order valence-electron chi connectivity index (χ1n) is 13.2. The molecule has 1 heterocycles. The van der Waals surface area contributed by atoms with Crippen molar-refractivity contribution in [2.24, 2.45) is 0 Å². The van der Waals surface area contributed by atoms with Crippen molar-refractivity contribution in [2.45, 2.75) is 20.4 Å². The van der Waals surface area contributed by atoms with Gasteiger partial charge >= 0.3 is 0 Å². The quantitative estimate of drug-likeness (QED) is 0.217. The molecule has 0 spiro atoms. The van der Waals surface area contributed by atoms with Gasteiger partial charge in [0.1, 0.15) is 11.5 Å². The van der Waals surface area contributed by atoms with Crippen molar-refractivity contribution >= 4 is 23.4 Å². The minimum absolute atomic E-state index is 0.124. The Hall–Kier alpha value is -5.26. The highest BCUT2D eigenvalue weighted by Gasteiger charge is 2.38. The lowest BCUT2D eigenvalue weighted by molar-refractivity contribution is -0.118. The molecule has 1 aliphatic heterocycles. The Labute approximate surface area is 238 Å². The van der Waals surface area contributed by atoms with E-state index in [-0.39, 0.29) is 17.0 Å². The lowest BCUT2D eigenvalue weighted by Crippen LogP contribution is -2.30. The predicted octanol–water partition coefficient (Wildman–Crippen LogP) is 5.35. The smallest absolute Gasteiger partial charge is 0.266 e. The Balaban J connectivity index is 1.50. The minimum atomic E-state index is -0.431. The van der Waals surface area contributed by atoms with Crippen LogP contribution in [0.4, 0.5) is 5.69 Å². The Bertz CT molecular complexity index is 1690. The lowest BCUT2D eigenvalue weighted by Gasteiger charge is -2.19. The van der Waals surface area contributed by atoms with Gasteiger partial charge in [0, 0.05) is 32.1 Å². The van der Waals surface area contributed by atoms with Crippen molar-refractivity contribution in [2.75, 3.05) is 18.0 Å². The van der Waals surface area contributed by atoms with Gasteiger partial charge in [-0.3, -0.25) is 14.4 Å². The molecule has 2 N–H and O–H groups in total. The maximum atomic E-state index is 13.7. The van der Waals surface area contributed by atoms with Crippen molar-refractivity contribution in [3.8, 4) is 28.7 Å². The molecule has 0 radical (unpaired) electrons. The van der Waals surface area contributed by atoms with Gasteiger partial charge in [-0.25, -0.2) is 4.90 Å². The number of nitrogens with one attached hydrogen (secondary N) is 2. The molecule has 8 heteroatoms. The second kappa shape index (κ2) is 11.9. The largest absolute Gasteiger partial charge is 0.457 e. The molecule has 0 aliphatic carbocycles. The van der Waals surface area contributed by atoms with Crippen LogP contribution < -0.4 is 20.3 Å². The molecule has 4 aromatic rings. The Morgan fingerprint density at radius 2 is 1.61 bits per heavy atom. The first-order valence-corrected chi connectivity index (χ1v) is 13.2. The van der Waals surface area contributed by atoms with E-state index >= 15 is 0 Å². The van der Waals surface area contributed by atoms with Crippen LogP contribution in [-0.2, 0) is 11.3 Å². The molecular formula is C33H28N4O4. The molecule has 0 atom stereocenters. The highest BCUT2D eigenvalue weighted by atomic mass is 16.5. The number of nitrogens with zero attached hydrogens (tertiary/aromatic N) is 2. The van der Waals surface area contributed by atoms with Gasteiger partial charge in [0.15, 0.2) is 0 Å². The summed E-state index contributed by atoms with van der Waals surface area (Å²) in [5.41, 5.74) is 4.90. The van der Waals surface area contributed by atoms with Crippen molar-refractivity contribution in [3.63, 3.8) is 0 Å². The standard InChI is InChI=1S/C33H28N4O4/c1-21-27(24-9-4-3-5-10-24)12-7-13-30(21)37-32(39)28-17-25(20-35-14-15-36-22(2)38)31(18-29(28)33(37)40)41-26-11-6-8-23(16-26)19-34/h3-13,16-18,35H,14-15,20H2,1-2H3,(H,36,38). The normalized spacial score (nSPS) is 12.2. The van der Waals surface area contributed by atoms with Crippen LogP contribution in [-0.4, -0.2) is 30.8 Å². The average molecular weight is 545 g/mol. The fourth-order valence-corrected chi connectivity index (χ4v) is 4.87. The summed E-state index contributed by atoms with van der Waals surface area (Å²) < 4.78 is 6.15. The van der Waals surface area contributed by atoms with Crippen molar-refractivity contribution in [3.05, 3.63) is 113 Å². The molecule has 0 unspecified atom stereocenters. The second-order valence-electron chi connectivity index (χ2n) is 9.67. The molecule has 3 amide bonds. The molecule has 5 rings (SSSR count). The number of nitriles is 1. The van der Waals surface area contributed by atoms with E-state index in [4.69, 9.17) is 4.74 Å². The zero-order valence-corrected chi connectivity index (χ0v) is 22.7. The summed E-state index contributed by atoms with van der Waals surface area (Å²) in [6.45, 7) is 4.60. The summed E-state index contributed by atoms with van der Waals surface area (Å²) in [6, 6.07) is 27.5. The van der Waals surface area contributed by atoms with Crippen LogP contribution in [0.3, 0.4) is 0 Å².